The minimum Gasteiger partial charge on any atom is -0.468 e. The molecular formula is C18H23N3O2. The summed E-state index contributed by atoms with van der Waals surface area (Å²) in [6.45, 7) is 4.10. The van der Waals surface area contributed by atoms with Crippen LogP contribution in [0.3, 0.4) is 0 Å². The monoisotopic (exact) mass is 313 g/mol. The van der Waals surface area contributed by atoms with Gasteiger partial charge in [0.05, 0.1) is 18.8 Å². The van der Waals surface area contributed by atoms with Gasteiger partial charge in [0.15, 0.2) is 0 Å². The van der Waals surface area contributed by atoms with Gasteiger partial charge in [0, 0.05) is 18.9 Å². The van der Waals surface area contributed by atoms with Crippen LogP contribution in [-0.2, 0) is 11.3 Å². The third kappa shape index (κ3) is 4.20. The number of aromatic nitrogens is 1. The predicted molar refractivity (Wildman–Crippen MR) is 87.5 cm³/mol. The van der Waals surface area contributed by atoms with Crippen molar-refractivity contribution in [3.63, 3.8) is 0 Å². The van der Waals surface area contributed by atoms with E-state index < -0.39 is 0 Å². The van der Waals surface area contributed by atoms with Crippen molar-refractivity contribution in [1.29, 1.82) is 0 Å². The molecule has 1 N–H and O–H groups in total. The quantitative estimate of drug-likeness (QED) is 0.922. The van der Waals surface area contributed by atoms with Crippen molar-refractivity contribution < 1.29 is 9.21 Å². The van der Waals surface area contributed by atoms with Gasteiger partial charge < -0.3 is 9.73 Å². The molecule has 5 nitrogen and oxygen atoms in total. The Hall–Kier alpha value is -2.14. The summed E-state index contributed by atoms with van der Waals surface area (Å²) in [6, 6.07) is 7.94. The molecule has 0 radical (unpaired) electrons. The van der Waals surface area contributed by atoms with Gasteiger partial charge in [0.1, 0.15) is 5.76 Å². The highest BCUT2D eigenvalue weighted by molar-refractivity contribution is 5.78. The lowest BCUT2D eigenvalue weighted by molar-refractivity contribution is -0.123. The molecule has 0 bridgehead atoms. The Morgan fingerprint density at radius 3 is 3.09 bits per heavy atom. The lowest BCUT2D eigenvalue weighted by atomic mass is 9.91. The SMILES string of the molecule is C[C@H]1CCN(CC(=O)NCc2cccnc2)[C@@H](c2ccco2)C1. The molecule has 2 aromatic rings. The summed E-state index contributed by atoms with van der Waals surface area (Å²) < 4.78 is 5.58. The van der Waals surface area contributed by atoms with Crippen LogP contribution in [0.15, 0.2) is 47.3 Å². The number of nitrogens with one attached hydrogen (secondary N) is 1. The van der Waals surface area contributed by atoms with E-state index in [9.17, 15) is 4.79 Å². The fraction of sp³-hybridized carbons (Fsp3) is 0.444. The second kappa shape index (κ2) is 7.42. The summed E-state index contributed by atoms with van der Waals surface area (Å²) in [5.74, 6) is 1.65. The summed E-state index contributed by atoms with van der Waals surface area (Å²) in [6.07, 6.45) is 7.36. The number of amides is 1. The molecule has 5 heteroatoms. The fourth-order valence-electron chi connectivity index (χ4n) is 3.10. The number of hydrogen-bond donors (Lipinski definition) is 1. The number of nitrogens with zero attached hydrogens (tertiary/aromatic N) is 2. The van der Waals surface area contributed by atoms with E-state index in [4.69, 9.17) is 4.42 Å². The smallest absolute Gasteiger partial charge is 0.234 e. The van der Waals surface area contributed by atoms with E-state index in [1.165, 1.54) is 0 Å². The fourth-order valence-corrected chi connectivity index (χ4v) is 3.10. The van der Waals surface area contributed by atoms with E-state index in [1.54, 1.807) is 18.7 Å². The minimum absolute atomic E-state index is 0.0416. The standard InChI is InChI=1S/C18H23N3O2/c1-14-6-8-21(16(10-14)17-5-3-9-23-17)13-18(22)20-12-15-4-2-7-19-11-15/h2-5,7,9,11,14,16H,6,8,10,12-13H2,1H3,(H,20,22)/t14-,16+/m0/s1. The second-order valence-corrected chi connectivity index (χ2v) is 6.27. The molecule has 122 valence electrons. The van der Waals surface area contributed by atoms with E-state index in [-0.39, 0.29) is 11.9 Å². The van der Waals surface area contributed by atoms with Crippen molar-refractivity contribution in [3.8, 4) is 0 Å². The highest BCUT2D eigenvalue weighted by Crippen LogP contribution is 2.33. The van der Waals surface area contributed by atoms with Gasteiger partial charge in [-0.2, -0.15) is 0 Å². The molecular weight excluding hydrogens is 290 g/mol. The van der Waals surface area contributed by atoms with Crippen LogP contribution in [0.2, 0.25) is 0 Å². The van der Waals surface area contributed by atoms with Gasteiger partial charge in [-0.15, -0.1) is 0 Å². The van der Waals surface area contributed by atoms with Crippen LogP contribution in [0.1, 0.15) is 37.1 Å². The number of furan rings is 1. The predicted octanol–water partition coefficient (Wildman–Crippen LogP) is 2.76. The summed E-state index contributed by atoms with van der Waals surface area (Å²) in [5.41, 5.74) is 1.01. The first-order chi connectivity index (χ1) is 11.2. The first-order valence-corrected chi connectivity index (χ1v) is 8.15. The van der Waals surface area contributed by atoms with Gasteiger partial charge in [0.25, 0.3) is 0 Å². The van der Waals surface area contributed by atoms with Gasteiger partial charge >= 0.3 is 0 Å². The topological polar surface area (TPSA) is 58.4 Å². The summed E-state index contributed by atoms with van der Waals surface area (Å²) in [7, 11) is 0. The largest absolute Gasteiger partial charge is 0.468 e. The van der Waals surface area contributed by atoms with Gasteiger partial charge in [-0.25, -0.2) is 0 Å². The van der Waals surface area contributed by atoms with Crippen molar-refractivity contribution in [2.24, 2.45) is 5.92 Å². The van der Waals surface area contributed by atoms with E-state index in [2.05, 4.69) is 22.1 Å². The zero-order valence-electron chi connectivity index (χ0n) is 13.4. The maximum absolute atomic E-state index is 12.3. The van der Waals surface area contributed by atoms with E-state index in [0.29, 0.717) is 19.0 Å². The van der Waals surface area contributed by atoms with Crippen molar-refractivity contribution in [2.45, 2.75) is 32.4 Å². The van der Waals surface area contributed by atoms with Crippen LogP contribution < -0.4 is 5.32 Å². The third-order valence-electron chi connectivity index (χ3n) is 4.41. The number of hydrogen-bond acceptors (Lipinski definition) is 4. The number of pyridine rings is 1. The van der Waals surface area contributed by atoms with E-state index in [0.717, 1.165) is 30.7 Å². The van der Waals surface area contributed by atoms with E-state index >= 15 is 0 Å². The van der Waals surface area contributed by atoms with Crippen LogP contribution in [0, 0.1) is 5.92 Å². The molecule has 0 aromatic carbocycles. The van der Waals surface area contributed by atoms with Gasteiger partial charge in [0.2, 0.25) is 5.91 Å². The van der Waals surface area contributed by atoms with Crippen LogP contribution in [0.25, 0.3) is 0 Å². The zero-order chi connectivity index (χ0) is 16.1. The summed E-state index contributed by atoms with van der Waals surface area (Å²) in [4.78, 5) is 18.6. The maximum Gasteiger partial charge on any atom is 0.234 e. The van der Waals surface area contributed by atoms with Gasteiger partial charge in [-0.1, -0.05) is 13.0 Å². The first kappa shape index (κ1) is 15.7. The average Bonchev–Trinajstić information content (AvgIpc) is 3.10. The molecule has 3 heterocycles. The van der Waals surface area contributed by atoms with Crippen molar-refractivity contribution >= 4 is 5.91 Å². The summed E-state index contributed by atoms with van der Waals surface area (Å²) >= 11 is 0. The van der Waals surface area contributed by atoms with Crippen molar-refractivity contribution in [2.75, 3.05) is 13.1 Å². The second-order valence-electron chi connectivity index (χ2n) is 6.27. The Labute approximate surface area is 136 Å². The maximum atomic E-state index is 12.3. The highest BCUT2D eigenvalue weighted by atomic mass is 16.3. The van der Waals surface area contributed by atoms with Crippen molar-refractivity contribution in [3.05, 3.63) is 54.2 Å². The van der Waals surface area contributed by atoms with Crippen LogP contribution in [0.5, 0.6) is 0 Å². The molecule has 0 aliphatic carbocycles. The number of carbonyl (C=O) groups is 1. The molecule has 0 saturated carbocycles. The molecule has 2 atom stereocenters. The Morgan fingerprint density at radius 2 is 2.35 bits per heavy atom. The number of carbonyl (C=O) groups excluding carboxylic acids is 1. The Balaban J connectivity index is 1.57. The molecule has 23 heavy (non-hydrogen) atoms. The molecule has 1 fully saturated rings. The van der Waals surface area contributed by atoms with Crippen LogP contribution >= 0.6 is 0 Å². The van der Waals surface area contributed by atoms with Gasteiger partial charge in [-0.05, 0) is 49.1 Å². The minimum atomic E-state index is 0.0416. The van der Waals surface area contributed by atoms with Gasteiger partial charge in [-0.3, -0.25) is 14.7 Å². The zero-order valence-corrected chi connectivity index (χ0v) is 13.4. The number of likely N-dealkylation sites (tertiary alicyclic amines) is 1. The van der Waals surface area contributed by atoms with Crippen LogP contribution in [0.4, 0.5) is 0 Å². The molecule has 0 spiro atoms. The molecule has 1 aliphatic heterocycles. The molecule has 0 unspecified atom stereocenters. The molecule has 1 aliphatic rings. The third-order valence-corrected chi connectivity index (χ3v) is 4.41. The highest BCUT2D eigenvalue weighted by Gasteiger charge is 2.30. The molecule has 3 rings (SSSR count). The summed E-state index contributed by atoms with van der Waals surface area (Å²) in [5, 5.41) is 2.97. The molecule has 2 aromatic heterocycles. The number of rotatable bonds is 5. The van der Waals surface area contributed by atoms with Crippen molar-refractivity contribution in [1.82, 2.24) is 15.2 Å². The Kier molecular flexibility index (Phi) is 5.08. The lowest BCUT2D eigenvalue weighted by Crippen LogP contribution is -2.42. The van der Waals surface area contributed by atoms with E-state index in [1.807, 2.05) is 24.3 Å². The normalized spacial score (nSPS) is 22.0. The number of piperidine rings is 1. The molecule has 1 saturated heterocycles. The Bertz CT molecular complexity index is 612. The average molecular weight is 313 g/mol. The molecule has 1 amide bonds. The first-order valence-electron chi connectivity index (χ1n) is 8.15. The Morgan fingerprint density at radius 1 is 1.43 bits per heavy atom. The lowest BCUT2D eigenvalue weighted by Gasteiger charge is -2.36. The van der Waals surface area contributed by atoms with Crippen LogP contribution in [-0.4, -0.2) is 28.9 Å².